The number of carboxylic acid groups (broad SMARTS) is 1. The van der Waals surface area contributed by atoms with Crippen LogP contribution < -0.4 is 0 Å². The molecular formula is C17H19NO3. The fraction of sp³-hybridized carbons (Fsp3) is 0.235. The molecule has 0 bridgehead atoms. The minimum absolute atomic E-state index is 0.0360. The quantitative estimate of drug-likeness (QED) is 0.856. The summed E-state index contributed by atoms with van der Waals surface area (Å²) in [6.07, 6.45) is 0.0952. The number of carboxylic acids is 1. The summed E-state index contributed by atoms with van der Waals surface area (Å²) in [6.45, 7) is 0.454. The fourth-order valence-electron chi connectivity index (χ4n) is 2.39. The van der Waals surface area contributed by atoms with E-state index in [1.54, 1.807) is 12.1 Å². The van der Waals surface area contributed by atoms with Crippen molar-refractivity contribution in [3.05, 3.63) is 65.7 Å². The monoisotopic (exact) mass is 285 g/mol. The number of aromatic hydroxyl groups is 1. The van der Waals surface area contributed by atoms with E-state index >= 15 is 0 Å². The van der Waals surface area contributed by atoms with E-state index in [0.717, 1.165) is 11.1 Å². The number of nitrogens with zero attached hydrogens (tertiary/aromatic N) is 1. The summed E-state index contributed by atoms with van der Waals surface area (Å²) in [5, 5.41) is 18.3. The van der Waals surface area contributed by atoms with Gasteiger partial charge in [-0.15, -0.1) is 0 Å². The first-order valence-corrected chi connectivity index (χ1v) is 6.84. The Morgan fingerprint density at radius 2 is 1.62 bits per heavy atom. The largest absolute Gasteiger partial charge is 0.508 e. The Balaban J connectivity index is 2.30. The van der Waals surface area contributed by atoms with Crippen molar-refractivity contribution < 1.29 is 15.0 Å². The van der Waals surface area contributed by atoms with Gasteiger partial charge in [0.2, 0.25) is 0 Å². The van der Waals surface area contributed by atoms with E-state index in [4.69, 9.17) is 5.11 Å². The van der Waals surface area contributed by atoms with E-state index in [1.165, 1.54) is 0 Å². The van der Waals surface area contributed by atoms with Crippen molar-refractivity contribution in [2.45, 2.75) is 12.5 Å². The Morgan fingerprint density at radius 1 is 1.05 bits per heavy atom. The van der Waals surface area contributed by atoms with E-state index in [9.17, 15) is 9.90 Å². The minimum Gasteiger partial charge on any atom is -0.508 e. The highest BCUT2D eigenvalue weighted by molar-refractivity contribution is 5.66. The van der Waals surface area contributed by atoms with Crippen molar-refractivity contribution in [3.63, 3.8) is 0 Å². The molecule has 2 N–H and O–H groups in total. The van der Waals surface area contributed by atoms with Crippen LogP contribution in [-0.4, -0.2) is 34.7 Å². The van der Waals surface area contributed by atoms with Crippen LogP contribution >= 0.6 is 0 Å². The summed E-state index contributed by atoms with van der Waals surface area (Å²) in [5.41, 5.74) is 2.11. The van der Waals surface area contributed by atoms with Gasteiger partial charge >= 0.3 is 5.97 Å². The van der Waals surface area contributed by atoms with Gasteiger partial charge in [0.1, 0.15) is 5.75 Å². The zero-order valence-corrected chi connectivity index (χ0v) is 11.9. The first kappa shape index (κ1) is 15.1. The summed E-state index contributed by atoms with van der Waals surface area (Å²) in [4.78, 5) is 12.8. The van der Waals surface area contributed by atoms with Crippen molar-refractivity contribution in [1.82, 2.24) is 4.90 Å². The molecule has 4 heteroatoms. The van der Waals surface area contributed by atoms with Gasteiger partial charge in [-0.1, -0.05) is 42.5 Å². The second-order valence-corrected chi connectivity index (χ2v) is 5.03. The third-order valence-electron chi connectivity index (χ3n) is 3.44. The molecule has 0 amide bonds. The van der Waals surface area contributed by atoms with Crippen LogP contribution in [0.5, 0.6) is 5.75 Å². The van der Waals surface area contributed by atoms with Crippen molar-refractivity contribution in [2.75, 3.05) is 13.6 Å². The summed E-state index contributed by atoms with van der Waals surface area (Å²) in [7, 11) is 1.91. The zero-order chi connectivity index (χ0) is 15.2. The second-order valence-electron chi connectivity index (χ2n) is 5.03. The maximum absolute atomic E-state index is 10.8. The molecule has 0 saturated carbocycles. The van der Waals surface area contributed by atoms with E-state index in [-0.39, 0.29) is 18.2 Å². The van der Waals surface area contributed by atoms with Crippen LogP contribution in [0.15, 0.2) is 54.6 Å². The number of benzene rings is 2. The minimum atomic E-state index is -0.806. The Labute approximate surface area is 124 Å². The van der Waals surface area contributed by atoms with Gasteiger partial charge in [-0.3, -0.25) is 9.69 Å². The van der Waals surface area contributed by atoms with Gasteiger partial charge in [-0.05, 0) is 30.3 Å². The van der Waals surface area contributed by atoms with E-state index < -0.39 is 5.97 Å². The molecule has 0 aliphatic heterocycles. The lowest BCUT2D eigenvalue weighted by Crippen LogP contribution is -2.28. The smallest absolute Gasteiger partial charge is 0.304 e. The second kappa shape index (κ2) is 6.90. The number of carbonyl (C=O) groups is 1. The summed E-state index contributed by atoms with van der Waals surface area (Å²) < 4.78 is 0. The number of hydrogen-bond acceptors (Lipinski definition) is 3. The van der Waals surface area contributed by atoms with Crippen LogP contribution in [0.4, 0.5) is 0 Å². The molecule has 21 heavy (non-hydrogen) atoms. The number of phenols is 1. The molecule has 2 aromatic rings. The molecule has 2 rings (SSSR count). The van der Waals surface area contributed by atoms with Crippen LogP contribution in [-0.2, 0) is 4.79 Å². The molecular weight excluding hydrogens is 266 g/mol. The topological polar surface area (TPSA) is 60.8 Å². The zero-order valence-electron chi connectivity index (χ0n) is 11.9. The van der Waals surface area contributed by atoms with Crippen molar-refractivity contribution >= 4 is 5.97 Å². The molecule has 0 aromatic heterocycles. The van der Waals surface area contributed by atoms with Crippen LogP contribution in [0, 0.1) is 0 Å². The predicted molar refractivity (Wildman–Crippen MR) is 81.3 cm³/mol. The van der Waals surface area contributed by atoms with Gasteiger partial charge in [0, 0.05) is 6.54 Å². The van der Waals surface area contributed by atoms with Gasteiger partial charge in [-0.2, -0.15) is 0 Å². The van der Waals surface area contributed by atoms with Gasteiger partial charge in [0.05, 0.1) is 12.5 Å². The standard InChI is InChI=1S/C17H19NO3/c1-18(12-11-16(20)21)17(13-5-3-2-4-6-13)14-7-9-15(19)10-8-14/h2-10,17,19H,11-12H2,1H3,(H,20,21). The SMILES string of the molecule is CN(CCC(=O)O)C(c1ccccc1)c1ccc(O)cc1. The molecule has 0 aliphatic carbocycles. The molecule has 1 unspecified atom stereocenters. The fourth-order valence-corrected chi connectivity index (χ4v) is 2.39. The molecule has 0 fully saturated rings. The highest BCUT2D eigenvalue weighted by Gasteiger charge is 2.19. The lowest BCUT2D eigenvalue weighted by atomic mass is 9.97. The van der Waals surface area contributed by atoms with Gasteiger partial charge < -0.3 is 10.2 Å². The average Bonchev–Trinajstić information content (AvgIpc) is 2.48. The Morgan fingerprint density at radius 3 is 2.19 bits per heavy atom. The number of phenolic OH excluding ortho intramolecular Hbond substituents is 1. The van der Waals surface area contributed by atoms with Gasteiger partial charge in [0.15, 0.2) is 0 Å². The third-order valence-corrected chi connectivity index (χ3v) is 3.44. The highest BCUT2D eigenvalue weighted by Crippen LogP contribution is 2.28. The number of rotatable bonds is 6. The van der Waals surface area contributed by atoms with Gasteiger partial charge in [-0.25, -0.2) is 0 Å². The normalized spacial score (nSPS) is 12.3. The highest BCUT2D eigenvalue weighted by atomic mass is 16.4. The predicted octanol–water partition coefficient (Wildman–Crippen LogP) is 2.89. The Kier molecular flexibility index (Phi) is 4.95. The molecule has 4 nitrogen and oxygen atoms in total. The molecule has 0 radical (unpaired) electrons. The molecule has 110 valence electrons. The average molecular weight is 285 g/mol. The van der Waals surface area contributed by atoms with Gasteiger partial charge in [0.25, 0.3) is 0 Å². The van der Waals surface area contributed by atoms with Crippen molar-refractivity contribution in [1.29, 1.82) is 0 Å². The van der Waals surface area contributed by atoms with Crippen molar-refractivity contribution in [3.8, 4) is 5.75 Å². The number of hydrogen-bond donors (Lipinski definition) is 2. The van der Waals surface area contributed by atoms with E-state index in [1.807, 2.05) is 54.4 Å². The van der Waals surface area contributed by atoms with E-state index in [0.29, 0.717) is 6.54 Å². The van der Waals surface area contributed by atoms with Crippen molar-refractivity contribution in [2.24, 2.45) is 0 Å². The molecule has 0 aliphatic rings. The van der Waals surface area contributed by atoms with Crippen LogP contribution in [0.25, 0.3) is 0 Å². The molecule has 0 spiro atoms. The van der Waals surface area contributed by atoms with E-state index in [2.05, 4.69) is 0 Å². The maximum Gasteiger partial charge on any atom is 0.304 e. The lowest BCUT2D eigenvalue weighted by Gasteiger charge is -2.28. The Bertz CT molecular complexity index is 581. The molecule has 1 atom stereocenters. The number of aliphatic carboxylic acids is 1. The molecule has 0 heterocycles. The third kappa shape index (κ3) is 4.07. The molecule has 2 aromatic carbocycles. The lowest BCUT2D eigenvalue weighted by molar-refractivity contribution is -0.137. The maximum atomic E-state index is 10.8. The van der Waals surface area contributed by atoms with Crippen LogP contribution in [0.2, 0.25) is 0 Å². The first-order chi connectivity index (χ1) is 10.1. The Hall–Kier alpha value is -2.33. The molecule has 0 saturated heterocycles. The first-order valence-electron chi connectivity index (χ1n) is 6.84. The van der Waals surface area contributed by atoms with Crippen LogP contribution in [0.1, 0.15) is 23.6 Å². The summed E-state index contributed by atoms with van der Waals surface area (Å²) in [6, 6.07) is 16.9. The van der Waals surface area contributed by atoms with Crippen LogP contribution in [0.3, 0.4) is 0 Å². The summed E-state index contributed by atoms with van der Waals surface area (Å²) in [5.74, 6) is -0.585. The summed E-state index contributed by atoms with van der Waals surface area (Å²) >= 11 is 0.